The summed E-state index contributed by atoms with van der Waals surface area (Å²) >= 11 is 0. The van der Waals surface area contributed by atoms with E-state index in [4.69, 9.17) is 4.74 Å². The molecule has 100 valence electrons. The van der Waals surface area contributed by atoms with Crippen LogP contribution in [0.2, 0.25) is 0 Å². The van der Waals surface area contributed by atoms with Gasteiger partial charge in [-0.2, -0.15) is 4.68 Å². The zero-order valence-electron chi connectivity index (χ0n) is 10.5. The molecule has 1 aromatic rings. The predicted molar refractivity (Wildman–Crippen MR) is 61.9 cm³/mol. The Balaban J connectivity index is 2.65. The first-order valence-electron chi connectivity index (χ1n) is 5.82. The third-order valence-corrected chi connectivity index (χ3v) is 2.26. The number of unbranched alkanes of at least 4 members (excludes halogenated alkanes) is 1. The molecule has 18 heavy (non-hydrogen) atoms. The lowest BCUT2D eigenvalue weighted by atomic mass is 10.4. The lowest BCUT2D eigenvalue weighted by Crippen LogP contribution is -2.17. The zero-order chi connectivity index (χ0) is 13.5. The topological polar surface area (TPSA) is 100 Å². The average molecular weight is 256 g/mol. The summed E-state index contributed by atoms with van der Waals surface area (Å²) in [6.07, 6.45) is 2.19. The van der Waals surface area contributed by atoms with Crippen LogP contribution in [0.25, 0.3) is 0 Å². The number of aromatic nitrogens is 3. The number of carbonyl (C=O) groups excluding carboxylic acids is 1. The molecule has 0 bridgehead atoms. The fourth-order valence-corrected chi connectivity index (χ4v) is 1.32. The summed E-state index contributed by atoms with van der Waals surface area (Å²) in [5.74, 6) is -0.555. The highest BCUT2D eigenvalue weighted by atomic mass is 16.6. The molecule has 0 saturated carbocycles. The van der Waals surface area contributed by atoms with Gasteiger partial charge in [0, 0.05) is 11.5 Å². The zero-order valence-corrected chi connectivity index (χ0v) is 10.5. The van der Waals surface area contributed by atoms with Gasteiger partial charge < -0.3 is 14.9 Å². The monoisotopic (exact) mass is 256 g/mol. The predicted octanol–water partition coefficient (Wildman–Crippen LogP) is 1.09. The highest BCUT2D eigenvalue weighted by Gasteiger charge is 2.21. The minimum atomic E-state index is -0.682. The van der Waals surface area contributed by atoms with Crippen LogP contribution in [0.15, 0.2) is 0 Å². The number of hydrogen-bond acceptors (Lipinski definition) is 6. The van der Waals surface area contributed by atoms with Crippen LogP contribution in [-0.4, -0.2) is 32.3 Å². The number of nitro groups is 1. The first-order valence-corrected chi connectivity index (χ1v) is 5.82. The third kappa shape index (κ3) is 3.79. The molecule has 0 aromatic carbocycles. The number of ether oxygens (including phenoxy) is 1. The molecule has 1 aromatic heterocycles. The van der Waals surface area contributed by atoms with E-state index in [0.29, 0.717) is 18.9 Å². The maximum absolute atomic E-state index is 11.5. The number of aryl methyl sites for hydroxylation is 1. The fraction of sp³-hybridized carbons (Fsp3) is 0.700. The summed E-state index contributed by atoms with van der Waals surface area (Å²) < 4.78 is 6.17. The van der Waals surface area contributed by atoms with Crippen molar-refractivity contribution >= 4 is 11.9 Å². The Morgan fingerprint density at radius 3 is 2.78 bits per heavy atom. The van der Waals surface area contributed by atoms with Crippen molar-refractivity contribution in [2.45, 2.75) is 39.7 Å². The second-order valence-corrected chi connectivity index (χ2v) is 3.67. The van der Waals surface area contributed by atoms with Gasteiger partial charge in [-0.05, 0) is 16.3 Å². The number of rotatable bonds is 7. The van der Waals surface area contributed by atoms with Crippen LogP contribution in [-0.2, 0) is 22.5 Å². The first-order chi connectivity index (χ1) is 8.58. The van der Waals surface area contributed by atoms with E-state index in [9.17, 15) is 14.9 Å². The Bertz CT molecular complexity index is 430. The van der Waals surface area contributed by atoms with E-state index in [0.717, 1.165) is 12.8 Å². The molecular weight excluding hydrogens is 240 g/mol. The number of hydrogen-bond donors (Lipinski definition) is 0. The number of carbonyl (C=O) groups is 1. The summed E-state index contributed by atoms with van der Waals surface area (Å²) in [4.78, 5) is 25.0. The summed E-state index contributed by atoms with van der Waals surface area (Å²) in [6.45, 7) is 3.98. The second kappa shape index (κ2) is 6.67. The third-order valence-electron chi connectivity index (χ3n) is 2.26. The summed E-state index contributed by atoms with van der Waals surface area (Å²) in [5.41, 5.74) is 0. The Labute approximate surface area is 104 Å². The Kier molecular flexibility index (Phi) is 5.22. The van der Waals surface area contributed by atoms with Gasteiger partial charge in [-0.1, -0.05) is 20.3 Å². The summed E-state index contributed by atoms with van der Waals surface area (Å²) in [6, 6.07) is 0. The van der Waals surface area contributed by atoms with Gasteiger partial charge in [-0.25, -0.2) is 4.79 Å². The molecule has 0 atom stereocenters. The van der Waals surface area contributed by atoms with Crippen molar-refractivity contribution in [3.8, 4) is 0 Å². The van der Waals surface area contributed by atoms with Crippen molar-refractivity contribution in [2.75, 3.05) is 6.61 Å². The lowest BCUT2D eigenvalue weighted by molar-refractivity contribution is -0.394. The van der Waals surface area contributed by atoms with Gasteiger partial charge in [-0.3, -0.25) is 0 Å². The van der Waals surface area contributed by atoms with Gasteiger partial charge in [-0.15, -0.1) is 0 Å². The van der Waals surface area contributed by atoms with Crippen LogP contribution in [0.4, 0.5) is 5.95 Å². The highest BCUT2D eigenvalue weighted by Crippen LogP contribution is 2.07. The summed E-state index contributed by atoms with van der Waals surface area (Å²) in [5, 5.41) is 14.2. The van der Waals surface area contributed by atoms with Crippen molar-refractivity contribution in [1.82, 2.24) is 14.8 Å². The molecule has 1 rings (SSSR count). The van der Waals surface area contributed by atoms with Crippen molar-refractivity contribution in [3.63, 3.8) is 0 Å². The quantitative estimate of drug-likeness (QED) is 0.313. The smallest absolute Gasteiger partial charge is 0.464 e. The Hall–Kier alpha value is -1.99. The van der Waals surface area contributed by atoms with E-state index in [1.165, 1.54) is 4.68 Å². The molecule has 0 aliphatic carbocycles. The first kappa shape index (κ1) is 14.1. The molecule has 0 aliphatic heterocycles. The van der Waals surface area contributed by atoms with Crippen LogP contribution in [0.3, 0.4) is 0 Å². The molecule has 1 heterocycles. The molecule has 8 nitrogen and oxygen atoms in total. The van der Waals surface area contributed by atoms with Gasteiger partial charge in [0.1, 0.15) is 0 Å². The molecule has 0 N–H and O–H groups in total. The lowest BCUT2D eigenvalue weighted by Gasteiger charge is -2.02. The molecule has 0 amide bonds. The molecule has 0 aliphatic rings. The van der Waals surface area contributed by atoms with Crippen LogP contribution in [0.1, 0.15) is 32.5 Å². The molecular formula is C10H16N4O4. The number of nitrogens with zero attached hydrogens (tertiary/aromatic N) is 4. The van der Waals surface area contributed by atoms with Gasteiger partial charge in [0.25, 0.3) is 0 Å². The van der Waals surface area contributed by atoms with Gasteiger partial charge >= 0.3 is 11.9 Å². The largest absolute Gasteiger partial charge is 0.491 e. The maximum atomic E-state index is 11.5. The average Bonchev–Trinajstić information content (AvgIpc) is 2.72. The second-order valence-electron chi connectivity index (χ2n) is 3.67. The fourth-order valence-electron chi connectivity index (χ4n) is 1.32. The van der Waals surface area contributed by atoms with E-state index in [1.807, 2.05) is 6.92 Å². The van der Waals surface area contributed by atoms with Crippen LogP contribution >= 0.6 is 0 Å². The van der Waals surface area contributed by atoms with Crippen molar-refractivity contribution < 1.29 is 14.5 Å². The Morgan fingerprint density at radius 1 is 1.50 bits per heavy atom. The van der Waals surface area contributed by atoms with E-state index in [1.54, 1.807) is 6.92 Å². The van der Waals surface area contributed by atoms with Crippen molar-refractivity contribution in [3.05, 3.63) is 15.9 Å². The molecule has 0 fully saturated rings. The van der Waals surface area contributed by atoms with Crippen LogP contribution < -0.4 is 0 Å². The van der Waals surface area contributed by atoms with Gasteiger partial charge in [0.05, 0.1) is 6.61 Å². The highest BCUT2D eigenvalue weighted by molar-refractivity contribution is 5.69. The molecule has 0 unspecified atom stereocenters. The maximum Gasteiger partial charge on any atom is 0.491 e. The normalized spacial score (nSPS) is 10.3. The Morgan fingerprint density at radius 2 is 2.22 bits per heavy atom. The van der Waals surface area contributed by atoms with E-state index < -0.39 is 16.8 Å². The van der Waals surface area contributed by atoms with E-state index >= 15 is 0 Å². The van der Waals surface area contributed by atoms with E-state index in [-0.39, 0.29) is 6.54 Å². The SMILES string of the molecule is CCCCOC(=O)Cn1nc([N+](=O)[O-])nc1CC. The van der Waals surface area contributed by atoms with Gasteiger partial charge in [0.15, 0.2) is 6.54 Å². The molecule has 8 heteroatoms. The van der Waals surface area contributed by atoms with Crippen molar-refractivity contribution in [2.24, 2.45) is 0 Å². The standard InChI is InChI=1S/C10H16N4O4/c1-3-5-6-18-9(15)7-13-8(4-2)11-10(12-13)14(16)17/h3-7H2,1-2H3. The summed E-state index contributed by atoms with van der Waals surface area (Å²) in [7, 11) is 0. The van der Waals surface area contributed by atoms with Crippen LogP contribution in [0, 0.1) is 10.1 Å². The van der Waals surface area contributed by atoms with Crippen LogP contribution in [0.5, 0.6) is 0 Å². The van der Waals surface area contributed by atoms with Gasteiger partial charge in [0.2, 0.25) is 5.82 Å². The van der Waals surface area contributed by atoms with E-state index in [2.05, 4.69) is 10.1 Å². The molecule has 0 spiro atoms. The minimum Gasteiger partial charge on any atom is -0.464 e. The van der Waals surface area contributed by atoms with Crippen molar-refractivity contribution in [1.29, 1.82) is 0 Å². The molecule has 0 saturated heterocycles. The molecule has 0 radical (unpaired) electrons. The minimum absolute atomic E-state index is 0.145. The number of esters is 1.